The molecule has 1 atom stereocenters. The quantitative estimate of drug-likeness (QED) is 0.919. The summed E-state index contributed by atoms with van der Waals surface area (Å²) in [5.74, 6) is -3.03. The molecule has 2 N–H and O–H groups in total. The van der Waals surface area contributed by atoms with Crippen molar-refractivity contribution in [3.8, 4) is 0 Å². The molecule has 1 unspecified atom stereocenters. The van der Waals surface area contributed by atoms with Crippen molar-refractivity contribution in [2.24, 2.45) is 5.14 Å². The molecule has 1 aliphatic rings. The number of sulfonamides is 1. The summed E-state index contributed by atoms with van der Waals surface area (Å²) in [6, 6.07) is 1.04. The third kappa shape index (κ3) is 3.06. The Bertz CT molecular complexity index is 676. The van der Waals surface area contributed by atoms with Crippen LogP contribution in [0.3, 0.4) is 0 Å². The average Bonchev–Trinajstić information content (AvgIpc) is 2.84. The molecule has 0 aliphatic carbocycles. The van der Waals surface area contributed by atoms with Crippen molar-refractivity contribution in [2.45, 2.75) is 37.1 Å². The van der Waals surface area contributed by atoms with E-state index in [0.29, 0.717) is 18.7 Å². The number of carbonyl (C=O) groups is 1. The van der Waals surface area contributed by atoms with Crippen molar-refractivity contribution in [1.29, 1.82) is 0 Å². The molecule has 8 heteroatoms. The van der Waals surface area contributed by atoms with E-state index in [2.05, 4.69) is 0 Å². The molecular formula is C13H16F2N2O3S. The Morgan fingerprint density at radius 2 is 2.05 bits per heavy atom. The van der Waals surface area contributed by atoms with Crippen molar-refractivity contribution in [1.82, 2.24) is 4.90 Å². The smallest absolute Gasteiger partial charge is 0.257 e. The standard InChI is InChI=1S/C13H16F2N2O3S/c1-2-8-4-3-5-17(8)13(18)9-6-12(21(16,19)20)11(15)7-10(9)14/h6-8H,2-5H2,1H3,(H2,16,19,20). The van der Waals surface area contributed by atoms with Crippen molar-refractivity contribution in [3.63, 3.8) is 0 Å². The number of carbonyl (C=O) groups excluding carboxylic acids is 1. The lowest BCUT2D eigenvalue weighted by molar-refractivity contribution is 0.0728. The summed E-state index contributed by atoms with van der Waals surface area (Å²) in [6.07, 6.45) is 2.33. The van der Waals surface area contributed by atoms with Crippen molar-refractivity contribution in [2.75, 3.05) is 6.54 Å². The maximum atomic E-state index is 13.8. The Labute approximate surface area is 121 Å². The zero-order chi connectivity index (χ0) is 15.8. The molecule has 116 valence electrons. The number of primary sulfonamides is 1. The molecule has 1 aliphatic heterocycles. The number of amides is 1. The van der Waals surface area contributed by atoms with Crippen LogP contribution in [0.1, 0.15) is 36.5 Å². The Balaban J connectivity index is 2.46. The van der Waals surface area contributed by atoms with Gasteiger partial charge in [0, 0.05) is 18.7 Å². The summed E-state index contributed by atoms with van der Waals surface area (Å²) in [7, 11) is -4.36. The van der Waals surface area contributed by atoms with Gasteiger partial charge in [0.1, 0.15) is 16.5 Å². The van der Waals surface area contributed by atoms with Crippen LogP contribution in [0.15, 0.2) is 17.0 Å². The van der Waals surface area contributed by atoms with E-state index in [4.69, 9.17) is 5.14 Å². The normalized spacial score (nSPS) is 19.0. The molecule has 1 heterocycles. The van der Waals surface area contributed by atoms with Crippen molar-refractivity contribution < 1.29 is 22.0 Å². The van der Waals surface area contributed by atoms with E-state index in [1.807, 2.05) is 6.92 Å². The van der Waals surface area contributed by atoms with E-state index in [1.54, 1.807) is 0 Å². The van der Waals surface area contributed by atoms with Gasteiger partial charge in [-0.3, -0.25) is 4.79 Å². The predicted octanol–water partition coefficient (Wildman–Crippen LogP) is 1.63. The zero-order valence-electron chi connectivity index (χ0n) is 11.5. The van der Waals surface area contributed by atoms with Crippen LogP contribution in [-0.2, 0) is 10.0 Å². The third-order valence-electron chi connectivity index (χ3n) is 3.67. The number of benzene rings is 1. The minimum absolute atomic E-state index is 0.0140. The number of nitrogens with zero attached hydrogens (tertiary/aromatic N) is 1. The number of halogens is 2. The first kappa shape index (κ1) is 15.8. The second-order valence-electron chi connectivity index (χ2n) is 5.01. The van der Waals surface area contributed by atoms with Gasteiger partial charge in [-0.15, -0.1) is 0 Å². The van der Waals surface area contributed by atoms with E-state index in [1.165, 1.54) is 4.90 Å². The van der Waals surface area contributed by atoms with Crippen molar-refractivity contribution >= 4 is 15.9 Å². The highest BCUT2D eigenvalue weighted by Crippen LogP contribution is 2.25. The average molecular weight is 318 g/mol. The lowest BCUT2D eigenvalue weighted by Gasteiger charge is -2.24. The van der Waals surface area contributed by atoms with Crippen LogP contribution < -0.4 is 5.14 Å². The fourth-order valence-corrected chi connectivity index (χ4v) is 3.21. The predicted molar refractivity (Wildman–Crippen MR) is 72.1 cm³/mol. The van der Waals surface area contributed by atoms with Crippen LogP contribution in [0, 0.1) is 11.6 Å². The molecule has 0 radical (unpaired) electrons. The lowest BCUT2D eigenvalue weighted by atomic mass is 10.1. The number of hydrogen-bond acceptors (Lipinski definition) is 3. The van der Waals surface area contributed by atoms with Gasteiger partial charge in [0.05, 0.1) is 5.56 Å². The van der Waals surface area contributed by atoms with Gasteiger partial charge >= 0.3 is 0 Å². The highest BCUT2D eigenvalue weighted by molar-refractivity contribution is 7.89. The minimum Gasteiger partial charge on any atom is -0.336 e. The van der Waals surface area contributed by atoms with Crippen LogP contribution >= 0.6 is 0 Å². The maximum absolute atomic E-state index is 13.8. The minimum atomic E-state index is -4.36. The molecular weight excluding hydrogens is 302 g/mol. The molecule has 0 bridgehead atoms. The first-order chi connectivity index (χ1) is 9.75. The molecule has 1 fully saturated rings. The number of nitrogens with two attached hydrogens (primary N) is 1. The molecule has 1 amide bonds. The summed E-state index contributed by atoms with van der Waals surface area (Å²) in [5.41, 5.74) is -0.472. The number of likely N-dealkylation sites (tertiary alicyclic amines) is 1. The van der Waals surface area contributed by atoms with E-state index in [9.17, 15) is 22.0 Å². The van der Waals surface area contributed by atoms with Crippen LogP contribution in [0.4, 0.5) is 8.78 Å². The highest BCUT2D eigenvalue weighted by Gasteiger charge is 2.31. The SMILES string of the molecule is CCC1CCCN1C(=O)c1cc(S(N)(=O)=O)c(F)cc1F. The van der Waals surface area contributed by atoms with E-state index in [0.717, 1.165) is 19.3 Å². The lowest BCUT2D eigenvalue weighted by Crippen LogP contribution is -2.35. The van der Waals surface area contributed by atoms with Crippen LogP contribution in [0.25, 0.3) is 0 Å². The molecule has 1 aromatic rings. The first-order valence-electron chi connectivity index (χ1n) is 6.58. The summed E-state index contributed by atoms with van der Waals surface area (Å²) >= 11 is 0. The molecule has 0 saturated carbocycles. The van der Waals surface area contributed by atoms with Gasteiger partial charge in [0.2, 0.25) is 10.0 Å². The summed E-state index contributed by atoms with van der Waals surface area (Å²) in [5, 5.41) is 4.87. The van der Waals surface area contributed by atoms with Crippen LogP contribution in [0.2, 0.25) is 0 Å². The van der Waals surface area contributed by atoms with Gasteiger partial charge in [0.25, 0.3) is 5.91 Å². The summed E-state index contributed by atoms with van der Waals surface area (Å²) < 4.78 is 49.9. The topological polar surface area (TPSA) is 80.5 Å². The van der Waals surface area contributed by atoms with Gasteiger partial charge in [-0.2, -0.15) is 0 Å². The highest BCUT2D eigenvalue weighted by atomic mass is 32.2. The molecule has 5 nitrogen and oxygen atoms in total. The largest absolute Gasteiger partial charge is 0.336 e. The molecule has 21 heavy (non-hydrogen) atoms. The second kappa shape index (κ2) is 5.69. The first-order valence-corrected chi connectivity index (χ1v) is 8.13. The Morgan fingerprint density at radius 3 is 2.62 bits per heavy atom. The van der Waals surface area contributed by atoms with E-state index >= 15 is 0 Å². The molecule has 0 spiro atoms. The van der Waals surface area contributed by atoms with Gasteiger partial charge in [-0.05, 0) is 25.3 Å². The maximum Gasteiger partial charge on any atom is 0.257 e. The number of rotatable bonds is 3. The second-order valence-corrected chi connectivity index (χ2v) is 6.54. The Hall–Kier alpha value is -1.54. The van der Waals surface area contributed by atoms with Gasteiger partial charge in [-0.25, -0.2) is 22.3 Å². The summed E-state index contributed by atoms with van der Waals surface area (Å²) in [4.78, 5) is 13.0. The fourth-order valence-electron chi connectivity index (χ4n) is 2.59. The zero-order valence-corrected chi connectivity index (χ0v) is 12.3. The molecule has 0 aromatic heterocycles. The van der Waals surface area contributed by atoms with E-state index < -0.39 is 38.0 Å². The van der Waals surface area contributed by atoms with Crippen LogP contribution in [-0.4, -0.2) is 31.8 Å². The van der Waals surface area contributed by atoms with Crippen LogP contribution in [0.5, 0.6) is 0 Å². The Kier molecular flexibility index (Phi) is 4.29. The monoisotopic (exact) mass is 318 g/mol. The molecule has 2 rings (SSSR count). The molecule has 1 aromatic carbocycles. The fraction of sp³-hybridized carbons (Fsp3) is 0.462. The van der Waals surface area contributed by atoms with E-state index in [-0.39, 0.29) is 6.04 Å². The number of hydrogen-bond donors (Lipinski definition) is 1. The van der Waals surface area contributed by atoms with Crippen molar-refractivity contribution in [3.05, 3.63) is 29.3 Å². The summed E-state index contributed by atoms with van der Waals surface area (Å²) in [6.45, 7) is 2.38. The Morgan fingerprint density at radius 1 is 1.38 bits per heavy atom. The van der Waals surface area contributed by atoms with Gasteiger partial charge < -0.3 is 4.90 Å². The third-order valence-corrected chi connectivity index (χ3v) is 4.59. The van der Waals surface area contributed by atoms with Gasteiger partial charge in [-0.1, -0.05) is 6.92 Å². The molecule has 1 saturated heterocycles. The van der Waals surface area contributed by atoms with Gasteiger partial charge in [0.15, 0.2) is 0 Å².